The van der Waals surface area contributed by atoms with Crippen LogP contribution in [0.15, 0.2) is 48.8 Å². The molecule has 3 heteroatoms. The highest BCUT2D eigenvalue weighted by molar-refractivity contribution is 5.32. The number of pyridine rings is 1. The maximum absolute atomic E-state index is 10.7. The first kappa shape index (κ1) is 14.5. The highest BCUT2D eigenvalue weighted by Gasteiger charge is 2.31. The zero-order valence-electron chi connectivity index (χ0n) is 12.2. The van der Waals surface area contributed by atoms with Crippen molar-refractivity contribution in [2.75, 3.05) is 6.61 Å². The highest BCUT2D eigenvalue weighted by atomic mass is 16.5. The van der Waals surface area contributed by atoms with Crippen LogP contribution in [0.3, 0.4) is 0 Å². The molecule has 20 heavy (non-hydrogen) atoms. The van der Waals surface area contributed by atoms with Crippen LogP contribution in [0.4, 0.5) is 0 Å². The van der Waals surface area contributed by atoms with Gasteiger partial charge in [-0.25, -0.2) is 0 Å². The van der Waals surface area contributed by atoms with E-state index in [0.717, 1.165) is 11.1 Å². The van der Waals surface area contributed by atoms with Gasteiger partial charge in [0.2, 0.25) is 0 Å². The quantitative estimate of drug-likeness (QED) is 0.905. The maximum atomic E-state index is 10.7. The lowest BCUT2D eigenvalue weighted by molar-refractivity contribution is 0.0996. The molecule has 0 saturated carbocycles. The second-order valence-corrected chi connectivity index (χ2v) is 5.38. The van der Waals surface area contributed by atoms with E-state index < -0.39 is 11.5 Å². The van der Waals surface area contributed by atoms with Gasteiger partial charge in [0.1, 0.15) is 5.75 Å². The van der Waals surface area contributed by atoms with Gasteiger partial charge in [0.05, 0.1) is 18.9 Å². The Bertz CT molecular complexity index is 552. The molecule has 1 aromatic heterocycles. The third-order valence-electron chi connectivity index (χ3n) is 3.56. The van der Waals surface area contributed by atoms with E-state index in [1.54, 1.807) is 12.4 Å². The first-order valence-electron chi connectivity index (χ1n) is 6.87. The van der Waals surface area contributed by atoms with Gasteiger partial charge in [-0.05, 0) is 18.6 Å². The summed E-state index contributed by atoms with van der Waals surface area (Å²) in [6.07, 6.45) is 2.71. The van der Waals surface area contributed by atoms with Crippen molar-refractivity contribution in [3.8, 4) is 5.75 Å². The summed E-state index contributed by atoms with van der Waals surface area (Å²) in [5.41, 5.74) is 1.47. The van der Waals surface area contributed by atoms with Crippen LogP contribution < -0.4 is 4.74 Å². The molecule has 1 heterocycles. The molecule has 0 bridgehead atoms. The molecule has 0 radical (unpaired) electrons. The van der Waals surface area contributed by atoms with E-state index in [9.17, 15) is 5.11 Å². The average Bonchev–Trinajstić information content (AvgIpc) is 2.48. The van der Waals surface area contributed by atoms with Gasteiger partial charge in [-0.1, -0.05) is 44.2 Å². The van der Waals surface area contributed by atoms with Crippen LogP contribution in [0.25, 0.3) is 0 Å². The molecule has 0 saturated heterocycles. The third-order valence-corrected chi connectivity index (χ3v) is 3.56. The number of nitrogens with zero attached hydrogens (tertiary/aromatic N) is 1. The standard InChI is InChI=1S/C17H21NO2/c1-4-20-15-10-13(11-18-12-15)16(19)17(2,3)14-8-6-5-7-9-14/h5-12,16,19H,4H2,1-3H3. The summed E-state index contributed by atoms with van der Waals surface area (Å²) >= 11 is 0. The number of aliphatic hydroxyl groups is 1. The molecule has 0 spiro atoms. The van der Waals surface area contributed by atoms with E-state index in [1.165, 1.54) is 0 Å². The zero-order valence-corrected chi connectivity index (χ0v) is 12.2. The number of hydrogen-bond donors (Lipinski definition) is 1. The van der Waals surface area contributed by atoms with Gasteiger partial charge in [-0.2, -0.15) is 0 Å². The second kappa shape index (κ2) is 6.06. The molecule has 0 aliphatic carbocycles. The lowest BCUT2D eigenvalue weighted by Crippen LogP contribution is -2.26. The van der Waals surface area contributed by atoms with Gasteiger partial charge in [-0.3, -0.25) is 4.98 Å². The predicted octanol–water partition coefficient (Wildman–Crippen LogP) is 3.49. The highest BCUT2D eigenvalue weighted by Crippen LogP contribution is 2.37. The number of aromatic nitrogens is 1. The molecule has 2 aromatic rings. The Morgan fingerprint density at radius 1 is 1.20 bits per heavy atom. The molecule has 1 atom stereocenters. The van der Waals surface area contributed by atoms with Crippen molar-refractivity contribution in [3.63, 3.8) is 0 Å². The van der Waals surface area contributed by atoms with E-state index in [1.807, 2.05) is 57.2 Å². The topological polar surface area (TPSA) is 42.4 Å². The van der Waals surface area contributed by atoms with Gasteiger partial charge in [-0.15, -0.1) is 0 Å². The Hall–Kier alpha value is -1.87. The average molecular weight is 271 g/mol. The van der Waals surface area contributed by atoms with Gasteiger partial charge in [0.25, 0.3) is 0 Å². The van der Waals surface area contributed by atoms with Crippen LogP contribution in [0.5, 0.6) is 5.75 Å². The third kappa shape index (κ3) is 2.99. The molecule has 0 fully saturated rings. The largest absolute Gasteiger partial charge is 0.492 e. The molecule has 0 aliphatic rings. The Kier molecular flexibility index (Phi) is 4.40. The fraction of sp³-hybridized carbons (Fsp3) is 0.353. The predicted molar refractivity (Wildman–Crippen MR) is 79.8 cm³/mol. The lowest BCUT2D eigenvalue weighted by Gasteiger charge is -2.31. The normalized spacial score (nSPS) is 13.0. The minimum Gasteiger partial charge on any atom is -0.492 e. The van der Waals surface area contributed by atoms with E-state index in [2.05, 4.69) is 4.98 Å². The van der Waals surface area contributed by atoms with Crippen molar-refractivity contribution < 1.29 is 9.84 Å². The van der Waals surface area contributed by atoms with Gasteiger partial charge in [0.15, 0.2) is 0 Å². The molecular weight excluding hydrogens is 250 g/mol. The van der Waals surface area contributed by atoms with Gasteiger partial charge in [0, 0.05) is 17.2 Å². The summed E-state index contributed by atoms with van der Waals surface area (Å²) < 4.78 is 5.44. The fourth-order valence-electron chi connectivity index (χ4n) is 2.27. The van der Waals surface area contributed by atoms with Crippen LogP contribution >= 0.6 is 0 Å². The molecule has 1 aromatic carbocycles. The molecule has 1 N–H and O–H groups in total. The summed E-state index contributed by atoms with van der Waals surface area (Å²) in [5.74, 6) is 0.688. The van der Waals surface area contributed by atoms with Crippen LogP contribution in [-0.4, -0.2) is 16.7 Å². The molecule has 3 nitrogen and oxygen atoms in total. The smallest absolute Gasteiger partial charge is 0.137 e. The van der Waals surface area contributed by atoms with Crippen molar-refractivity contribution in [1.82, 2.24) is 4.98 Å². The Morgan fingerprint density at radius 2 is 1.90 bits per heavy atom. The number of hydrogen-bond acceptors (Lipinski definition) is 3. The first-order chi connectivity index (χ1) is 9.55. The molecule has 106 valence electrons. The van der Waals surface area contributed by atoms with E-state index >= 15 is 0 Å². The summed E-state index contributed by atoms with van der Waals surface area (Å²) in [7, 11) is 0. The minimum absolute atomic E-state index is 0.395. The van der Waals surface area contributed by atoms with Crippen LogP contribution in [-0.2, 0) is 5.41 Å². The van der Waals surface area contributed by atoms with Crippen LogP contribution in [0, 0.1) is 0 Å². The Balaban J connectivity index is 2.30. The molecular formula is C17H21NO2. The van der Waals surface area contributed by atoms with E-state index in [-0.39, 0.29) is 0 Å². The maximum Gasteiger partial charge on any atom is 0.137 e. The fourth-order valence-corrected chi connectivity index (χ4v) is 2.27. The monoisotopic (exact) mass is 271 g/mol. The van der Waals surface area contributed by atoms with Gasteiger partial charge >= 0.3 is 0 Å². The summed E-state index contributed by atoms with van der Waals surface area (Å²) in [5, 5.41) is 10.7. The van der Waals surface area contributed by atoms with Gasteiger partial charge < -0.3 is 9.84 Å². The van der Waals surface area contributed by atoms with Crippen molar-refractivity contribution in [1.29, 1.82) is 0 Å². The number of aliphatic hydroxyl groups excluding tert-OH is 1. The van der Waals surface area contributed by atoms with Crippen LogP contribution in [0.1, 0.15) is 38.0 Å². The zero-order chi connectivity index (χ0) is 14.6. The van der Waals surface area contributed by atoms with Crippen LogP contribution in [0.2, 0.25) is 0 Å². The number of benzene rings is 1. The number of rotatable bonds is 5. The van der Waals surface area contributed by atoms with E-state index in [0.29, 0.717) is 12.4 Å². The summed E-state index contributed by atoms with van der Waals surface area (Å²) in [6, 6.07) is 11.9. The molecule has 1 unspecified atom stereocenters. The summed E-state index contributed by atoms with van der Waals surface area (Å²) in [6.45, 7) is 6.57. The SMILES string of the molecule is CCOc1cncc(C(O)C(C)(C)c2ccccc2)c1. The van der Waals surface area contributed by atoms with E-state index in [4.69, 9.17) is 4.74 Å². The molecule has 0 amide bonds. The Labute approximate surface area is 120 Å². The minimum atomic E-state index is -0.641. The second-order valence-electron chi connectivity index (χ2n) is 5.38. The van der Waals surface area contributed by atoms with Crippen molar-refractivity contribution >= 4 is 0 Å². The van der Waals surface area contributed by atoms with Crippen molar-refractivity contribution in [2.45, 2.75) is 32.3 Å². The lowest BCUT2D eigenvalue weighted by atomic mass is 9.77. The first-order valence-corrected chi connectivity index (χ1v) is 6.87. The van der Waals surface area contributed by atoms with Crippen molar-refractivity contribution in [2.24, 2.45) is 0 Å². The summed E-state index contributed by atoms with van der Waals surface area (Å²) in [4.78, 5) is 4.15. The number of ether oxygens (including phenoxy) is 1. The molecule has 0 aliphatic heterocycles. The molecule has 2 rings (SSSR count). The van der Waals surface area contributed by atoms with Crippen molar-refractivity contribution in [3.05, 3.63) is 59.9 Å². The Morgan fingerprint density at radius 3 is 2.55 bits per heavy atom.